The second-order valence-electron chi connectivity index (χ2n) is 7.68. The van der Waals surface area contributed by atoms with Gasteiger partial charge in [0.1, 0.15) is 17.0 Å². The third kappa shape index (κ3) is 3.63. The van der Waals surface area contributed by atoms with Gasteiger partial charge in [0.25, 0.3) is 0 Å². The molecule has 0 radical (unpaired) electrons. The molecular weight excluding hydrogens is 388 g/mol. The van der Waals surface area contributed by atoms with Crippen molar-refractivity contribution >= 4 is 27.6 Å². The number of aromatic nitrogens is 5. The first-order valence-corrected chi connectivity index (χ1v) is 10.6. The fourth-order valence-electron chi connectivity index (χ4n) is 4.09. The Morgan fingerprint density at radius 3 is 2.84 bits per heavy atom. The Hall–Kier alpha value is -3.74. The van der Waals surface area contributed by atoms with Crippen LogP contribution in [0, 0.1) is 0 Å². The molecule has 0 bridgehead atoms. The number of hydrogen-bond donors (Lipinski definition) is 1. The van der Waals surface area contributed by atoms with Crippen LogP contribution in [0.1, 0.15) is 31.2 Å². The minimum atomic E-state index is 0.487. The average molecular weight is 412 g/mol. The topological polar surface area (TPSA) is 95.7 Å². The van der Waals surface area contributed by atoms with Crippen LogP contribution in [0.5, 0.6) is 0 Å². The Balaban J connectivity index is 1.43. The van der Waals surface area contributed by atoms with Crippen molar-refractivity contribution in [1.82, 2.24) is 24.9 Å². The number of nitrogens with zero attached hydrogens (tertiary/aromatic N) is 5. The molecule has 0 spiro atoms. The van der Waals surface area contributed by atoms with Crippen molar-refractivity contribution in [2.75, 3.05) is 5.73 Å². The molecule has 0 aliphatic rings. The molecule has 2 N–H and O–H groups in total. The molecule has 5 aromatic rings. The van der Waals surface area contributed by atoms with Gasteiger partial charge in [0, 0.05) is 53.5 Å². The highest BCUT2D eigenvalue weighted by Gasteiger charge is 2.17. The van der Waals surface area contributed by atoms with Crippen molar-refractivity contribution in [3.8, 4) is 11.3 Å². The first-order valence-electron chi connectivity index (χ1n) is 10.6. The molecule has 4 aromatic heterocycles. The Morgan fingerprint density at radius 1 is 1.10 bits per heavy atom. The fraction of sp³-hybridized carbons (Fsp3) is 0.250. The number of nitrogen functional groups attached to an aromatic ring is 1. The van der Waals surface area contributed by atoms with E-state index in [0.29, 0.717) is 5.82 Å². The van der Waals surface area contributed by atoms with Crippen LogP contribution in [0.4, 0.5) is 5.82 Å². The minimum Gasteiger partial charge on any atom is -0.382 e. The van der Waals surface area contributed by atoms with Gasteiger partial charge < -0.3 is 10.3 Å². The van der Waals surface area contributed by atoms with Crippen LogP contribution in [0.25, 0.3) is 33.1 Å². The number of nitrogens with two attached hydrogens (primary N) is 1. The lowest BCUT2D eigenvalue weighted by molar-refractivity contribution is 0.382. The van der Waals surface area contributed by atoms with Gasteiger partial charge in [-0.25, -0.2) is 4.98 Å². The van der Waals surface area contributed by atoms with E-state index in [2.05, 4.69) is 32.8 Å². The van der Waals surface area contributed by atoms with E-state index in [1.165, 1.54) is 5.69 Å². The van der Waals surface area contributed by atoms with Crippen LogP contribution in [-0.4, -0.2) is 24.9 Å². The molecule has 0 aliphatic heterocycles. The highest BCUT2D eigenvalue weighted by atomic mass is 16.5. The zero-order valence-corrected chi connectivity index (χ0v) is 17.5. The maximum absolute atomic E-state index is 6.26. The standard InChI is InChI=1S/C24H24N6O/c1-2-13-30-21(22-18-9-3-4-10-19(18)27-24(25)23(22)28-30)11-5-8-17-14-20(29-31-17)16-7-6-12-26-15-16/h3-4,6-7,9-10,12,14-15H,2,5,8,11,13H2,1H3,(H2,25,27). The van der Waals surface area contributed by atoms with Crippen LogP contribution in [0.2, 0.25) is 0 Å². The average Bonchev–Trinajstić information content (AvgIpc) is 3.41. The molecule has 7 heteroatoms. The van der Waals surface area contributed by atoms with Gasteiger partial charge in [-0.05, 0) is 37.5 Å². The quantitative estimate of drug-likeness (QED) is 0.412. The van der Waals surface area contributed by atoms with Crippen molar-refractivity contribution in [3.05, 3.63) is 66.3 Å². The lowest BCUT2D eigenvalue weighted by Gasteiger charge is -2.07. The highest BCUT2D eigenvalue weighted by molar-refractivity contribution is 6.09. The van der Waals surface area contributed by atoms with Gasteiger partial charge in [-0.2, -0.15) is 5.10 Å². The van der Waals surface area contributed by atoms with Gasteiger partial charge in [0.05, 0.1) is 5.52 Å². The maximum Gasteiger partial charge on any atom is 0.152 e. The first-order chi connectivity index (χ1) is 15.2. The van der Waals surface area contributed by atoms with E-state index in [0.717, 1.165) is 71.1 Å². The van der Waals surface area contributed by atoms with Crippen molar-refractivity contribution in [1.29, 1.82) is 0 Å². The number of hydrogen-bond acceptors (Lipinski definition) is 6. The molecule has 31 heavy (non-hydrogen) atoms. The summed E-state index contributed by atoms with van der Waals surface area (Å²) in [5.74, 6) is 1.36. The summed E-state index contributed by atoms with van der Waals surface area (Å²) in [6.45, 7) is 3.01. The Bertz CT molecular complexity index is 1340. The summed E-state index contributed by atoms with van der Waals surface area (Å²) in [6.07, 6.45) is 7.13. The van der Waals surface area contributed by atoms with E-state index in [-0.39, 0.29) is 0 Å². The van der Waals surface area contributed by atoms with Crippen LogP contribution >= 0.6 is 0 Å². The fourth-order valence-corrected chi connectivity index (χ4v) is 4.09. The van der Waals surface area contributed by atoms with E-state index >= 15 is 0 Å². The largest absolute Gasteiger partial charge is 0.382 e. The van der Waals surface area contributed by atoms with Crippen molar-refractivity contribution < 1.29 is 4.52 Å². The van der Waals surface area contributed by atoms with Gasteiger partial charge in [0.15, 0.2) is 5.82 Å². The predicted octanol–water partition coefficient (Wildman–Crippen LogP) is 4.80. The van der Waals surface area contributed by atoms with E-state index in [4.69, 9.17) is 15.4 Å². The van der Waals surface area contributed by atoms with Gasteiger partial charge in [-0.3, -0.25) is 9.67 Å². The number of fused-ring (bicyclic) bond motifs is 3. The SMILES string of the molecule is CCCn1nc2c(N)nc3ccccc3c2c1CCCc1cc(-c2cccnc2)no1. The summed E-state index contributed by atoms with van der Waals surface area (Å²) in [4.78, 5) is 8.70. The summed E-state index contributed by atoms with van der Waals surface area (Å²) in [5, 5.41) is 11.2. The summed E-state index contributed by atoms with van der Waals surface area (Å²) < 4.78 is 7.66. The van der Waals surface area contributed by atoms with Gasteiger partial charge >= 0.3 is 0 Å². The van der Waals surface area contributed by atoms with Crippen molar-refractivity contribution in [2.24, 2.45) is 0 Å². The minimum absolute atomic E-state index is 0.487. The Morgan fingerprint density at radius 2 is 2.00 bits per heavy atom. The molecule has 156 valence electrons. The lowest BCUT2D eigenvalue weighted by Crippen LogP contribution is -2.05. The van der Waals surface area contributed by atoms with Crippen LogP contribution in [0.15, 0.2) is 59.4 Å². The summed E-state index contributed by atoms with van der Waals surface area (Å²) in [5.41, 5.74) is 10.9. The smallest absolute Gasteiger partial charge is 0.152 e. The van der Waals surface area contributed by atoms with E-state index < -0.39 is 0 Å². The highest BCUT2D eigenvalue weighted by Crippen LogP contribution is 2.31. The molecule has 0 unspecified atom stereocenters. The second kappa shape index (κ2) is 8.18. The molecule has 0 atom stereocenters. The monoisotopic (exact) mass is 412 g/mol. The molecule has 0 saturated heterocycles. The molecule has 0 saturated carbocycles. The van der Waals surface area contributed by atoms with Crippen LogP contribution < -0.4 is 5.73 Å². The van der Waals surface area contributed by atoms with Gasteiger partial charge in [-0.15, -0.1) is 0 Å². The van der Waals surface area contributed by atoms with E-state index in [9.17, 15) is 0 Å². The molecular formula is C24H24N6O. The maximum atomic E-state index is 6.26. The summed E-state index contributed by atoms with van der Waals surface area (Å²) in [6, 6.07) is 14.0. The first kappa shape index (κ1) is 19.2. The third-order valence-electron chi connectivity index (χ3n) is 5.50. The van der Waals surface area contributed by atoms with Crippen LogP contribution in [0.3, 0.4) is 0 Å². The van der Waals surface area contributed by atoms with E-state index in [1.807, 2.05) is 36.4 Å². The normalized spacial score (nSPS) is 11.5. The van der Waals surface area contributed by atoms with Gasteiger partial charge in [-0.1, -0.05) is 30.3 Å². The molecule has 7 nitrogen and oxygen atoms in total. The molecule has 0 amide bonds. The summed E-state index contributed by atoms with van der Waals surface area (Å²) >= 11 is 0. The van der Waals surface area contributed by atoms with Gasteiger partial charge in [0.2, 0.25) is 0 Å². The third-order valence-corrected chi connectivity index (χ3v) is 5.50. The number of benzene rings is 1. The molecule has 0 fully saturated rings. The predicted molar refractivity (Wildman–Crippen MR) is 121 cm³/mol. The Labute approximate surface area is 179 Å². The molecule has 0 aliphatic carbocycles. The Kier molecular flexibility index (Phi) is 5.08. The van der Waals surface area contributed by atoms with Crippen molar-refractivity contribution in [3.63, 3.8) is 0 Å². The van der Waals surface area contributed by atoms with Crippen molar-refractivity contribution in [2.45, 2.75) is 39.2 Å². The number of aryl methyl sites for hydroxylation is 3. The number of para-hydroxylation sites is 1. The second-order valence-corrected chi connectivity index (χ2v) is 7.68. The molecule has 5 rings (SSSR count). The number of anilines is 1. The lowest BCUT2D eigenvalue weighted by atomic mass is 10.0. The zero-order valence-electron chi connectivity index (χ0n) is 17.5. The molecule has 1 aromatic carbocycles. The van der Waals surface area contributed by atoms with E-state index in [1.54, 1.807) is 12.4 Å². The zero-order chi connectivity index (χ0) is 21.2. The number of pyridine rings is 2. The number of rotatable bonds is 7. The van der Waals surface area contributed by atoms with Crippen LogP contribution in [-0.2, 0) is 19.4 Å². The molecule has 4 heterocycles. The summed E-state index contributed by atoms with van der Waals surface area (Å²) in [7, 11) is 0.